The van der Waals surface area contributed by atoms with Crippen molar-refractivity contribution >= 4 is 5.69 Å². The molecule has 0 fully saturated rings. The summed E-state index contributed by atoms with van der Waals surface area (Å²) < 4.78 is 13.4. The monoisotopic (exact) mass is 257 g/mol. The van der Waals surface area contributed by atoms with Gasteiger partial charge < -0.3 is 5.32 Å². The lowest BCUT2D eigenvalue weighted by atomic mass is 10.0. The molecule has 0 saturated heterocycles. The molecule has 2 rings (SSSR count). The molecule has 2 aromatic carbocycles. The molecule has 0 aliphatic heterocycles. The van der Waals surface area contributed by atoms with Crippen molar-refractivity contribution in [2.75, 3.05) is 5.32 Å². The van der Waals surface area contributed by atoms with Crippen LogP contribution in [-0.2, 0) is 13.0 Å². The summed E-state index contributed by atoms with van der Waals surface area (Å²) in [6, 6.07) is 15.3. The van der Waals surface area contributed by atoms with E-state index in [2.05, 4.69) is 43.4 Å². The van der Waals surface area contributed by atoms with Gasteiger partial charge in [-0.3, -0.25) is 0 Å². The normalized spacial score (nSPS) is 10.7. The van der Waals surface area contributed by atoms with E-state index >= 15 is 0 Å². The number of halogens is 1. The van der Waals surface area contributed by atoms with Crippen molar-refractivity contribution in [3.05, 3.63) is 65.5 Å². The van der Waals surface area contributed by atoms with Crippen LogP contribution in [0.2, 0.25) is 0 Å². The maximum Gasteiger partial charge on any atom is 0.146 e. The first kappa shape index (κ1) is 13.6. The summed E-state index contributed by atoms with van der Waals surface area (Å²) in [5.41, 5.74) is 3.06. The summed E-state index contributed by atoms with van der Waals surface area (Å²) in [7, 11) is 0. The molecule has 19 heavy (non-hydrogen) atoms. The van der Waals surface area contributed by atoms with E-state index in [4.69, 9.17) is 0 Å². The van der Waals surface area contributed by atoms with E-state index in [0.29, 0.717) is 18.2 Å². The minimum absolute atomic E-state index is 0.209. The van der Waals surface area contributed by atoms with Crippen molar-refractivity contribution < 1.29 is 4.39 Å². The summed E-state index contributed by atoms with van der Waals surface area (Å²) in [6.07, 6.45) is 1.10. The van der Waals surface area contributed by atoms with Gasteiger partial charge in [-0.1, -0.05) is 50.2 Å². The van der Waals surface area contributed by atoms with Crippen LogP contribution in [0.25, 0.3) is 0 Å². The van der Waals surface area contributed by atoms with Crippen molar-refractivity contribution in [3.8, 4) is 0 Å². The molecule has 2 aromatic rings. The minimum Gasteiger partial charge on any atom is -0.379 e. The second-order valence-corrected chi connectivity index (χ2v) is 5.25. The molecule has 0 amide bonds. The zero-order valence-electron chi connectivity index (χ0n) is 11.5. The Kier molecular flexibility index (Phi) is 4.56. The van der Waals surface area contributed by atoms with Gasteiger partial charge in [0, 0.05) is 6.54 Å². The molecule has 1 N–H and O–H groups in total. The van der Waals surface area contributed by atoms with Gasteiger partial charge in [0.05, 0.1) is 5.69 Å². The lowest BCUT2D eigenvalue weighted by molar-refractivity contribution is 0.630. The number of hydrogen-bond donors (Lipinski definition) is 1. The zero-order chi connectivity index (χ0) is 13.7. The van der Waals surface area contributed by atoms with Gasteiger partial charge in [-0.15, -0.1) is 0 Å². The molecule has 100 valence electrons. The van der Waals surface area contributed by atoms with Crippen molar-refractivity contribution in [2.45, 2.75) is 26.8 Å². The lowest BCUT2D eigenvalue weighted by Gasteiger charge is -2.09. The van der Waals surface area contributed by atoms with Crippen molar-refractivity contribution in [1.82, 2.24) is 0 Å². The van der Waals surface area contributed by atoms with Crippen LogP contribution in [0.3, 0.4) is 0 Å². The molecule has 0 heterocycles. The van der Waals surface area contributed by atoms with E-state index < -0.39 is 0 Å². The molecule has 0 spiro atoms. The fourth-order valence-corrected chi connectivity index (χ4v) is 2.07. The number of para-hydroxylation sites is 1. The van der Waals surface area contributed by atoms with Crippen LogP contribution in [0.5, 0.6) is 0 Å². The van der Waals surface area contributed by atoms with Crippen molar-refractivity contribution in [3.63, 3.8) is 0 Å². The number of hydrogen-bond acceptors (Lipinski definition) is 1. The maximum absolute atomic E-state index is 13.4. The van der Waals surface area contributed by atoms with Gasteiger partial charge in [0.1, 0.15) is 5.82 Å². The fourth-order valence-electron chi connectivity index (χ4n) is 2.07. The van der Waals surface area contributed by atoms with Crippen LogP contribution in [0.1, 0.15) is 25.0 Å². The summed E-state index contributed by atoms with van der Waals surface area (Å²) >= 11 is 0. The van der Waals surface area contributed by atoms with Crippen LogP contribution in [-0.4, -0.2) is 0 Å². The van der Waals surface area contributed by atoms with Crippen LogP contribution in [0, 0.1) is 11.7 Å². The maximum atomic E-state index is 13.4. The fraction of sp³-hybridized carbons (Fsp3) is 0.294. The van der Waals surface area contributed by atoms with Crippen LogP contribution in [0.4, 0.5) is 10.1 Å². The van der Waals surface area contributed by atoms with E-state index in [1.165, 1.54) is 11.6 Å². The largest absolute Gasteiger partial charge is 0.379 e. The average molecular weight is 257 g/mol. The molecule has 0 saturated carbocycles. The third-order valence-corrected chi connectivity index (χ3v) is 3.02. The Morgan fingerprint density at radius 1 is 0.947 bits per heavy atom. The molecule has 0 aliphatic rings. The third kappa shape index (κ3) is 4.09. The highest BCUT2D eigenvalue weighted by Crippen LogP contribution is 2.15. The summed E-state index contributed by atoms with van der Waals surface area (Å²) in [6.45, 7) is 5.07. The van der Waals surface area contributed by atoms with Crippen molar-refractivity contribution in [1.29, 1.82) is 0 Å². The van der Waals surface area contributed by atoms with Crippen LogP contribution < -0.4 is 5.32 Å². The number of benzene rings is 2. The molecule has 1 nitrogen and oxygen atoms in total. The first-order valence-corrected chi connectivity index (χ1v) is 6.71. The SMILES string of the molecule is CC(C)Cc1ccc(CNc2ccccc2F)cc1. The molecule has 0 atom stereocenters. The smallest absolute Gasteiger partial charge is 0.146 e. The van der Waals surface area contributed by atoms with Gasteiger partial charge in [-0.05, 0) is 35.6 Å². The summed E-state index contributed by atoms with van der Waals surface area (Å²) in [5.74, 6) is 0.460. The molecular formula is C17H20FN. The van der Waals surface area contributed by atoms with Gasteiger partial charge in [-0.2, -0.15) is 0 Å². The zero-order valence-corrected chi connectivity index (χ0v) is 11.5. The second-order valence-electron chi connectivity index (χ2n) is 5.25. The van der Waals surface area contributed by atoms with E-state index in [1.807, 2.05) is 6.07 Å². The predicted octanol–water partition coefficient (Wildman–Crippen LogP) is 4.64. The molecule has 0 aromatic heterocycles. The highest BCUT2D eigenvalue weighted by Gasteiger charge is 2.01. The Hall–Kier alpha value is -1.83. The highest BCUT2D eigenvalue weighted by molar-refractivity contribution is 5.44. The Balaban J connectivity index is 1.95. The Morgan fingerprint density at radius 3 is 2.21 bits per heavy atom. The lowest BCUT2D eigenvalue weighted by Crippen LogP contribution is -2.01. The molecule has 2 heteroatoms. The number of anilines is 1. The number of rotatable bonds is 5. The van der Waals surface area contributed by atoms with E-state index in [-0.39, 0.29) is 5.82 Å². The molecule has 0 radical (unpaired) electrons. The van der Waals surface area contributed by atoms with E-state index in [0.717, 1.165) is 12.0 Å². The molecule has 0 aliphatic carbocycles. The highest BCUT2D eigenvalue weighted by atomic mass is 19.1. The molecule has 0 unspecified atom stereocenters. The van der Waals surface area contributed by atoms with Gasteiger partial charge >= 0.3 is 0 Å². The number of nitrogens with one attached hydrogen (secondary N) is 1. The van der Waals surface area contributed by atoms with E-state index in [1.54, 1.807) is 12.1 Å². The third-order valence-electron chi connectivity index (χ3n) is 3.02. The van der Waals surface area contributed by atoms with Gasteiger partial charge in [0.2, 0.25) is 0 Å². The first-order valence-electron chi connectivity index (χ1n) is 6.71. The van der Waals surface area contributed by atoms with E-state index in [9.17, 15) is 4.39 Å². The van der Waals surface area contributed by atoms with Gasteiger partial charge in [0.15, 0.2) is 0 Å². The summed E-state index contributed by atoms with van der Waals surface area (Å²) in [5, 5.41) is 3.11. The van der Waals surface area contributed by atoms with Crippen LogP contribution in [0.15, 0.2) is 48.5 Å². The quantitative estimate of drug-likeness (QED) is 0.823. The van der Waals surface area contributed by atoms with Crippen molar-refractivity contribution in [2.24, 2.45) is 5.92 Å². The standard InChI is InChI=1S/C17H20FN/c1-13(2)11-14-7-9-15(10-8-14)12-19-17-6-4-3-5-16(17)18/h3-10,13,19H,11-12H2,1-2H3. The Bertz CT molecular complexity index is 517. The van der Waals surface area contributed by atoms with Gasteiger partial charge in [-0.25, -0.2) is 4.39 Å². The average Bonchev–Trinajstić information content (AvgIpc) is 2.39. The second kappa shape index (κ2) is 6.37. The minimum atomic E-state index is -0.209. The first-order chi connectivity index (χ1) is 9.15. The Labute approximate surface area is 114 Å². The topological polar surface area (TPSA) is 12.0 Å². The molecular weight excluding hydrogens is 237 g/mol. The predicted molar refractivity (Wildman–Crippen MR) is 78.7 cm³/mol. The van der Waals surface area contributed by atoms with Gasteiger partial charge in [0.25, 0.3) is 0 Å². The van der Waals surface area contributed by atoms with Crippen LogP contribution >= 0.6 is 0 Å². The molecule has 0 bridgehead atoms. The Morgan fingerprint density at radius 2 is 1.58 bits per heavy atom. The summed E-state index contributed by atoms with van der Waals surface area (Å²) in [4.78, 5) is 0.